The van der Waals surface area contributed by atoms with Gasteiger partial charge in [-0.15, -0.1) is 0 Å². The van der Waals surface area contributed by atoms with Gasteiger partial charge in [-0.05, 0) is 6.08 Å². The predicted molar refractivity (Wildman–Crippen MR) is 79.9 cm³/mol. The fraction of sp³-hybridized carbons (Fsp3) is 0.867. The van der Waals surface area contributed by atoms with E-state index in [2.05, 4.69) is 0 Å². The zero-order chi connectivity index (χ0) is 19.2. The van der Waals surface area contributed by atoms with Gasteiger partial charge in [0.2, 0.25) is 6.29 Å². The van der Waals surface area contributed by atoms with Crippen LogP contribution in [-0.4, -0.2) is 109 Å². The van der Waals surface area contributed by atoms with Crippen LogP contribution in [0.4, 0.5) is 0 Å². The van der Waals surface area contributed by atoms with Crippen LogP contribution in [0.1, 0.15) is 0 Å². The first kappa shape index (κ1) is 19.9. The third-order valence-electron chi connectivity index (χ3n) is 5.40. The van der Waals surface area contributed by atoms with E-state index in [1.165, 1.54) is 12.3 Å². The summed E-state index contributed by atoms with van der Waals surface area (Å²) in [6, 6.07) is 0. The molecule has 8 N–H and O–H groups in total. The molecule has 0 aromatic heterocycles. The molecule has 1 aliphatic carbocycles. The monoisotopic (exact) mass is 380 g/mol. The zero-order valence-electron chi connectivity index (χ0n) is 13.6. The fourth-order valence-electron chi connectivity index (χ4n) is 3.83. The molecule has 2 aliphatic heterocycles. The number of hydrogen-bond donors (Lipinski definition) is 8. The highest BCUT2D eigenvalue weighted by Crippen LogP contribution is 2.47. The lowest BCUT2D eigenvalue weighted by Crippen LogP contribution is -2.61. The Morgan fingerprint density at radius 2 is 1.62 bits per heavy atom. The summed E-state index contributed by atoms with van der Waals surface area (Å²) in [6.45, 7) is -1.54. The van der Waals surface area contributed by atoms with Gasteiger partial charge in [0.1, 0.15) is 36.1 Å². The summed E-state index contributed by atoms with van der Waals surface area (Å²) in [7, 11) is 0. The molecule has 11 heteroatoms. The highest BCUT2D eigenvalue weighted by molar-refractivity contribution is 5.16. The molecule has 11 nitrogen and oxygen atoms in total. The Balaban J connectivity index is 1.82. The highest BCUT2D eigenvalue weighted by atomic mass is 16.8. The molecule has 0 unspecified atom stereocenters. The molecule has 26 heavy (non-hydrogen) atoms. The number of ether oxygens (including phenoxy) is 3. The minimum Gasteiger partial charge on any atom is -0.472 e. The maximum absolute atomic E-state index is 10.6. The second-order valence-corrected chi connectivity index (χ2v) is 6.85. The molecular weight excluding hydrogens is 356 g/mol. The Hall–Kier alpha value is -0.860. The van der Waals surface area contributed by atoms with Crippen LogP contribution in [0.2, 0.25) is 0 Å². The van der Waals surface area contributed by atoms with Gasteiger partial charge in [-0.2, -0.15) is 0 Å². The minimum absolute atomic E-state index is 0.652. The van der Waals surface area contributed by atoms with Gasteiger partial charge < -0.3 is 55.1 Å². The summed E-state index contributed by atoms with van der Waals surface area (Å²) in [6.07, 6.45) is -9.53. The summed E-state index contributed by atoms with van der Waals surface area (Å²) in [5.74, 6) is -1.93. The van der Waals surface area contributed by atoms with Gasteiger partial charge in [-0.25, -0.2) is 0 Å². The van der Waals surface area contributed by atoms with Crippen LogP contribution in [0.25, 0.3) is 0 Å². The van der Waals surface area contributed by atoms with E-state index in [-0.39, 0.29) is 0 Å². The van der Waals surface area contributed by atoms with Crippen LogP contribution < -0.4 is 0 Å². The van der Waals surface area contributed by atoms with E-state index in [9.17, 15) is 40.9 Å². The average Bonchev–Trinajstić information content (AvgIpc) is 2.85. The number of rotatable bonds is 4. The van der Waals surface area contributed by atoms with Crippen molar-refractivity contribution in [3.05, 3.63) is 12.3 Å². The van der Waals surface area contributed by atoms with Crippen molar-refractivity contribution in [1.82, 2.24) is 0 Å². The Morgan fingerprint density at radius 3 is 2.23 bits per heavy atom. The van der Waals surface area contributed by atoms with E-state index >= 15 is 0 Å². The van der Waals surface area contributed by atoms with Crippen LogP contribution in [0.5, 0.6) is 0 Å². The normalized spacial score (nSPS) is 54.0. The first-order chi connectivity index (χ1) is 12.3. The smallest absolute Gasteiger partial charge is 0.208 e. The Labute approximate surface area is 148 Å². The predicted octanol–water partition coefficient (Wildman–Crippen LogP) is -4.64. The summed E-state index contributed by atoms with van der Waals surface area (Å²) in [5.41, 5.74) is -2.15. The van der Waals surface area contributed by atoms with Crippen molar-refractivity contribution in [1.29, 1.82) is 0 Å². The van der Waals surface area contributed by atoms with Crippen LogP contribution in [0.3, 0.4) is 0 Å². The fourth-order valence-corrected chi connectivity index (χ4v) is 3.83. The Morgan fingerprint density at radius 1 is 0.923 bits per heavy atom. The van der Waals surface area contributed by atoms with Crippen LogP contribution in [-0.2, 0) is 14.2 Å². The molecular formula is C15H24O11. The van der Waals surface area contributed by atoms with Crippen LogP contribution in [0, 0.1) is 11.8 Å². The maximum Gasteiger partial charge on any atom is 0.208 e. The van der Waals surface area contributed by atoms with Crippen molar-refractivity contribution in [3.8, 4) is 0 Å². The standard InChI is InChI=1S/C15H24O11/c16-3-6-9(19)10(20)11(21)14(25-6)26-13-7-5(1-2-24-13)8(18)12(22)15(7,23)4-17/h1-2,5-14,16-23H,3-4H2/t5-,6-,7-,8+,9-,10+,11-,12+,13+,14+,15-/m1/s1. The van der Waals surface area contributed by atoms with E-state index in [4.69, 9.17) is 14.2 Å². The molecule has 2 heterocycles. The highest BCUT2D eigenvalue weighted by Gasteiger charge is 2.63. The molecule has 1 saturated heterocycles. The quantitative estimate of drug-likeness (QED) is 0.234. The largest absolute Gasteiger partial charge is 0.472 e. The van der Waals surface area contributed by atoms with Crippen molar-refractivity contribution >= 4 is 0 Å². The third-order valence-corrected chi connectivity index (χ3v) is 5.40. The van der Waals surface area contributed by atoms with Gasteiger partial charge in [0, 0.05) is 5.92 Å². The van der Waals surface area contributed by atoms with Gasteiger partial charge in [0.15, 0.2) is 6.29 Å². The van der Waals surface area contributed by atoms with Crippen molar-refractivity contribution < 1.29 is 55.1 Å². The van der Waals surface area contributed by atoms with Crippen molar-refractivity contribution in [3.63, 3.8) is 0 Å². The lowest BCUT2D eigenvalue weighted by Gasteiger charge is -2.43. The topological polar surface area (TPSA) is 190 Å². The Kier molecular flexibility index (Phi) is 5.57. The third kappa shape index (κ3) is 2.94. The summed E-state index contributed by atoms with van der Waals surface area (Å²) >= 11 is 0. The summed E-state index contributed by atoms with van der Waals surface area (Å²) < 4.78 is 16.0. The molecule has 0 spiro atoms. The van der Waals surface area contributed by atoms with E-state index in [1.807, 2.05) is 0 Å². The van der Waals surface area contributed by atoms with E-state index < -0.39 is 79.9 Å². The summed E-state index contributed by atoms with van der Waals surface area (Å²) in [5, 5.41) is 79.2. The number of aliphatic hydroxyl groups is 8. The molecule has 0 aromatic rings. The maximum atomic E-state index is 10.6. The molecule has 1 saturated carbocycles. The molecule has 0 bridgehead atoms. The first-order valence-corrected chi connectivity index (χ1v) is 8.23. The summed E-state index contributed by atoms with van der Waals surface area (Å²) in [4.78, 5) is 0. The molecule has 0 amide bonds. The first-order valence-electron chi connectivity index (χ1n) is 8.23. The second kappa shape index (κ2) is 7.28. The number of fused-ring (bicyclic) bond motifs is 1. The lowest BCUT2D eigenvalue weighted by atomic mass is 9.83. The molecule has 150 valence electrons. The molecule has 2 fully saturated rings. The second-order valence-electron chi connectivity index (χ2n) is 6.85. The lowest BCUT2D eigenvalue weighted by molar-refractivity contribution is -0.348. The zero-order valence-corrected chi connectivity index (χ0v) is 13.6. The van der Waals surface area contributed by atoms with Crippen molar-refractivity contribution in [2.45, 2.75) is 54.8 Å². The van der Waals surface area contributed by atoms with Gasteiger partial charge in [0.25, 0.3) is 0 Å². The minimum atomic E-state index is -2.15. The number of aliphatic hydroxyl groups excluding tert-OH is 7. The van der Waals surface area contributed by atoms with E-state index in [1.54, 1.807) is 0 Å². The van der Waals surface area contributed by atoms with E-state index in [0.29, 0.717) is 0 Å². The van der Waals surface area contributed by atoms with Gasteiger partial charge >= 0.3 is 0 Å². The molecule has 0 aromatic carbocycles. The number of hydrogen-bond acceptors (Lipinski definition) is 11. The SMILES string of the molecule is OC[C@H]1O[C@@H](O[C@@H]2OC=C[C@H]3[C@H](O)[C@H](O)[C@@](O)(CO)[C@@H]23)[C@H](O)[C@@H](O)[C@@H]1O. The Bertz CT molecular complexity index is 528. The van der Waals surface area contributed by atoms with Gasteiger partial charge in [-0.1, -0.05) is 0 Å². The van der Waals surface area contributed by atoms with Crippen LogP contribution >= 0.6 is 0 Å². The molecule has 3 rings (SSSR count). The van der Waals surface area contributed by atoms with Gasteiger partial charge in [0.05, 0.1) is 31.5 Å². The molecule has 0 radical (unpaired) electrons. The van der Waals surface area contributed by atoms with Gasteiger partial charge in [-0.3, -0.25) is 0 Å². The molecule has 3 aliphatic rings. The van der Waals surface area contributed by atoms with Crippen molar-refractivity contribution in [2.24, 2.45) is 11.8 Å². The van der Waals surface area contributed by atoms with Crippen LogP contribution in [0.15, 0.2) is 12.3 Å². The van der Waals surface area contributed by atoms with E-state index in [0.717, 1.165) is 0 Å². The molecule has 11 atom stereocenters. The van der Waals surface area contributed by atoms with Crippen molar-refractivity contribution in [2.75, 3.05) is 13.2 Å². The average molecular weight is 380 g/mol.